The molecule has 1 saturated carbocycles. The van der Waals surface area contributed by atoms with Gasteiger partial charge in [0.2, 0.25) is 5.91 Å². The molecule has 4 atom stereocenters. The maximum atomic E-state index is 13.0. The number of carbonyl (C=O) groups is 1. The standard InChI is InChI=1S/C28H34Cl2N2O3/c1-4-13-32(2)14-12-27(21-6-5-7-23(17-21)35-3)18-22(10-11-28(27,34)19-32)31-26(33)16-20-8-9-24(29)25(30)15-20/h4-9,15,17,22,34H,1,10-14,16,18-19H2,2-3H3/p+1/t22-,27+,28?,32+/m1/s1. The van der Waals surface area contributed by atoms with Gasteiger partial charge >= 0.3 is 0 Å². The monoisotopic (exact) mass is 517 g/mol. The summed E-state index contributed by atoms with van der Waals surface area (Å²) in [5, 5.41) is 16.4. The first-order valence-electron chi connectivity index (χ1n) is 12.2. The molecule has 2 aromatic carbocycles. The zero-order chi connectivity index (χ0) is 25.3. The van der Waals surface area contributed by atoms with E-state index in [1.165, 1.54) is 0 Å². The third kappa shape index (κ3) is 5.24. The number of amides is 1. The molecular weight excluding hydrogens is 483 g/mol. The zero-order valence-corrected chi connectivity index (χ0v) is 22.0. The number of carbonyl (C=O) groups excluding carboxylic acids is 1. The van der Waals surface area contributed by atoms with Crippen LogP contribution in [0.3, 0.4) is 0 Å². The topological polar surface area (TPSA) is 58.6 Å². The molecule has 7 heteroatoms. The van der Waals surface area contributed by atoms with Gasteiger partial charge < -0.3 is 19.6 Å². The Bertz CT molecular complexity index is 1110. The van der Waals surface area contributed by atoms with Gasteiger partial charge in [0, 0.05) is 17.9 Å². The molecule has 1 unspecified atom stereocenters. The number of likely N-dealkylation sites (tertiary alicyclic amines) is 1. The largest absolute Gasteiger partial charge is 0.497 e. The smallest absolute Gasteiger partial charge is 0.224 e. The minimum Gasteiger partial charge on any atom is -0.497 e. The Labute approximate surface area is 218 Å². The zero-order valence-electron chi connectivity index (χ0n) is 20.5. The highest BCUT2D eigenvalue weighted by Crippen LogP contribution is 2.53. The normalized spacial score (nSPS) is 30.3. The maximum absolute atomic E-state index is 13.0. The summed E-state index contributed by atoms with van der Waals surface area (Å²) in [6.45, 7) is 6.34. The van der Waals surface area contributed by atoms with E-state index in [2.05, 4.69) is 25.0 Å². The Balaban J connectivity index is 1.59. The highest BCUT2D eigenvalue weighted by atomic mass is 35.5. The number of benzene rings is 2. The van der Waals surface area contributed by atoms with Gasteiger partial charge in [0.25, 0.3) is 0 Å². The molecule has 0 aromatic heterocycles. The Morgan fingerprint density at radius 2 is 2.06 bits per heavy atom. The van der Waals surface area contributed by atoms with Crippen molar-refractivity contribution in [2.45, 2.75) is 49.2 Å². The third-order valence-electron chi connectivity index (χ3n) is 8.02. The number of hydrogen-bond donors (Lipinski definition) is 2. The molecule has 0 spiro atoms. The number of quaternary nitrogens is 1. The first-order valence-corrected chi connectivity index (χ1v) is 12.9. The van der Waals surface area contributed by atoms with E-state index in [1.54, 1.807) is 19.2 Å². The van der Waals surface area contributed by atoms with E-state index >= 15 is 0 Å². The van der Waals surface area contributed by atoms with Crippen LogP contribution in [0.2, 0.25) is 10.0 Å². The van der Waals surface area contributed by atoms with E-state index in [9.17, 15) is 9.90 Å². The average Bonchev–Trinajstić information content (AvgIpc) is 2.82. The highest BCUT2D eigenvalue weighted by molar-refractivity contribution is 6.42. The molecule has 1 aliphatic carbocycles. The molecule has 188 valence electrons. The predicted octanol–water partition coefficient (Wildman–Crippen LogP) is 4.92. The summed E-state index contributed by atoms with van der Waals surface area (Å²) in [5.74, 6) is 0.724. The van der Waals surface area contributed by atoms with Crippen LogP contribution in [0, 0.1) is 0 Å². The third-order valence-corrected chi connectivity index (χ3v) is 8.76. The van der Waals surface area contributed by atoms with Crippen molar-refractivity contribution in [2.24, 2.45) is 0 Å². The van der Waals surface area contributed by atoms with Crippen LogP contribution in [0.1, 0.15) is 36.8 Å². The minimum absolute atomic E-state index is 0.0343. The van der Waals surface area contributed by atoms with E-state index in [4.69, 9.17) is 27.9 Å². The lowest BCUT2D eigenvalue weighted by molar-refractivity contribution is -0.918. The van der Waals surface area contributed by atoms with Crippen molar-refractivity contribution in [1.29, 1.82) is 0 Å². The molecule has 1 saturated heterocycles. The molecule has 2 aliphatic rings. The van der Waals surface area contributed by atoms with Crippen molar-refractivity contribution in [2.75, 3.05) is 33.8 Å². The van der Waals surface area contributed by atoms with E-state index in [-0.39, 0.29) is 18.4 Å². The van der Waals surface area contributed by atoms with E-state index in [0.717, 1.165) is 47.3 Å². The van der Waals surface area contributed by atoms with Crippen molar-refractivity contribution >= 4 is 29.1 Å². The van der Waals surface area contributed by atoms with Crippen LogP contribution in [0.5, 0.6) is 5.75 Å². The lowest BCUT2D eigenvalue weighted by atomic mass is 9.55. The molecular formula is C28H35Cl2N2O3+. The van der Waals surface area contributed by atoms with Crippen LogP contribution in [-0.2, 0) is 16.6 Å². The highest BCUT2D eigenvalue weighted by Gasteiger charge is 2.61. The number of aliphatic hydroxyl groups is 1. The van der Waals surface area contributed by atoms with Crippen molar-refractivity contribution < 1.29 is 19.1 Å². The molecule has 2 aromatic rings. The van der Waals surface area contributed by atoms with Crippen molar-refractivity contribution in [1.82, 2.24) is 5.32 Å². The Morgan fingerprint density at radius 3 is 2.77 bits per heavy atom. The molecule has 1 heterocycles. The van der Waals surface area contributed by atoms with Gasteiger partial charge in [-0.15, -0.1) is 0 Å². The van der Waals surface area contributed by atoms with Gasteiger partial charge in [-0.05, 0) is 60.7 Å². The summed E-state index contributed by atoms with van der Waals surface area (Å²) < 4.78 is 6.29. The number of nitrogens with zero attached hydrogens (tertiary/aromatic N) is 1. The molecule has 1 amide bonds. The SMILES string of the molecule is C=CC[N@@+]1(C)CC[C@@]2(c3cccc(OC)c3)C[C@H](NC(=O)Cc3ccc(Cl)c(Cl)c3)CCC2(O)C1. The number of nitrogens with one attached hydrogen (secondary N) is 1. The Kier molecular flexibility index (Phi) is 7.54. The number of ether oxygens (including phenoxy) is 1. The van der Waals surface area contributed by atoms with Crippen LogP contribution in [0.15, 0.2) is 55.1 Å². The molecule has 35 heavy (non-hydrogen) atoms. The van der Waals surface area contributed by atoms with Gasteiger partial charge in [0.1, 0.15) is 17.9 Å². The van der Waals surface area contributed by atoms with Gasteiger partial charge in [-0.1, -0.05) is 48.0 Å². The quantitative estimate of drug-likeness (QED) is 0.404. The second-order valence-corrected chi connectivity index (χ2v) is 11.3. The molecule has 2 N–H and O–H groups in total. The lowest BCUT2D eigenvalue weighted by Crippen LogP contribution is -2.71. The van der Waals surface area contributed by atoms with Crippen LogP contribution < -0.4 is 10.1 Å². The van der Waals surface area contributed by atoms with Crippen molar-refractivity contribution in [3.8, 4) is 5.75 Å². The number of rotatable bonds is 7. The van der Waals surface area contributed by atoms with Crippen LogP contribution in [0.25, 0.3) is 0 Å². The van der Waals surface area contributed by atoms with Gasteiger partial charge in [0.15, 0.2) is 0 Å². The molecule has 4 rings (SSSR count). The maximum Gasteiger partial charge on any atom is 0.224 e. The van der Waals surface area contributed by atoms with Gasteiger partial charge in [0.05, 0.1) is 43.7 Å². The number of halogens is 2. The fourth-order valence-electron chi connectivity index (χ4n) is 6.26. The average molecular weight is 519 g/mol. The summed E-state index contributed by atoms with van der Waals surface area (Å²) in [7, 11) is 3.86. The van der Waals surface area contributed by atoms with E-state index < -0.39 is 11.0 Å². The van der Waals surface area contributed by atoms with Gasteiger partial charge in [-0.3, -0.25) is 4.79 Å². The molecule has 2 fully saturated rings. The first-order chi connectivity index (χ1) is 16.6. The second kappa shape index (κ2) is 10.1. The fourth-order valence-corrected chi connectivity index (χ4v) is 6.58. The summed E-state index contributed by atoms with van der Waals surface area (Å²) >= 11 is 12.1. The predicted molar refractivity (Wildman–Crippen MR) is 141 cm³/mol. The number of fused-ring (bicyclic) bond motifs is 1. The first kappa shape index (κ1) is 26.0. The molecule has 0 bridgehead atoms. The van der Waals surface area contributed by atoms with Gasteiger partial charge in [-0.25, -0.2) is 0 Å². The van der Waals surface area contributed by atoms with Gasteiger partial charge in [-0.2, -0.15) is 0 Å². The van der Waals surface area contributed by atoms with Crippen molar-refractivity contribution in [3.63, 3.8) is 0 Å². The summed E-state index contributed by atoms with van der Waals surface area (Å²) in [6.07, 6.45) is 5.02. The molecule has 5 nitrogen and oxygen atoms in total. The number of methoxy groups -OCH3 is 1. The summed E-state index contributed by atoms with van der Waals surface area (Å²) in [6, 6.07) is 13.3. The van der Waals surface area contributed by atoms with E-state index in [0.29, 0.717) is 29.4 Å². The minimum atomic E-state index is -0.889. The number of piperidine rings is 1. The summed E-state index contributed by atoms with van der Waals surface area (Å²) in [5.41, 5.74) is 0.537. The molecule has 0 radical (unpaired) electrons. The fraction of sp³-hybridized carbons (Fsp3) is 0.464. The van der Waals surface area contributed by atoms with Crippen LogP contribution in [0.4, 0.5) is 0 Å². The summed E-state index contributed by atoms with van der Waals surface area (Å²) in [4.78, 5) is 13.0. The second-order valence-electron chi connectivity index (χ2n) is 10.5. The van der Waals surface area contributed by atoms with Crippen LogP contribution in [-0.4, -0.2) is 60.9 Å². The lowest BCUT2D eigenvalue weighted by Gasteiger charge is -2.59. The van der Waals surface area contributed by atoms with Crippen LogP contribution >= 0.6 is 23.2 Å². The number of likely N-dealkylation sites (N-methyl/N-ethyl adjacent to an activating group) is 1. The number of hydrogen-bond acceptors (Lipinski definition) is 3. The Morgan fingerprint density at radius 1 is 1.26 bits per heavy atom. The molecule has 1 aliphatic heterocycles. The van der Waals surface area contributed by atoms with E-state index in [1.807, 2.05) is 30.3 Å². The Hall–Kier alpha value is -2.05. The van der Waals surface area contributed by atoms with Crippen molar-refractivity contribution in [3.05, 3.63) is 76.3 Å².